The average Bonchev–Trinajstić information content (AvgIpc) is 2.92. The summed E-state index contributed by atoms with van der Waals surface area (Å²) < 4.78 is 6.18. The number of halogens is 1. The molecule has 5 nitrogen and oxygen atoms in total. The molecular formula is C19H18BrN3O2S. The summed E-state index contributed by atoms with van der Waals surface area (Å²) in [6.45, 7) is 2.35. The Morgan fingerprint density at radius 2 is 1.88 bits per heavy atom. The smallest absolute Gasteiger partial charge is 0.242 e. The molecule has 1 fully saturated rings. The van der Waals surface area contributed by atoms with Gasteiger partial charge in [-0.1, -0.05) is 52.0 Å². The van der Waals surface area contributed by atoms with E-state index in [4.69, 9.17) is 4.74 Å². The summed E-state index contributed by atoms with van der Waals surface area (Å²) in [5.74, 6) is 0.834. The molecule has 0 radical (unpaired) electrons. The molecule has 0 spiro atoms. The van der Waals surface area contributed by atoms with Crippen LogP contribution in [-0.2, 0) is 11.3 Å². The second-order valence-electron chi connectivity index (χ2n) is 5.71. The lowest BCUT2D eigenvalue weighted by atomic mass is 10.2. The van der Waals surface area contributed by atoms with Crippen LogP contribution in [0, 0.1) is 0 Å². The van der Waals surface area contributed by atoms with Crippen molar-refractivity contribution in [2.24, 2.45) is 10.2 Å². The van der Waals surface area contributed by atoms with E-state index < -0.39 is 0 Å². The molecular weight excluding hydrogens is 414 g/mol. The first kappa shape index (κ1) is 18.7. The molecule has 2 aromatic carbocycles. The standard InChI is InChI=1S/C19H18BrN3O2S/c1-13-18(24)23(12-15-5-9-17(25-2)10-6-15)19(26-13)22-21-11-14-3-7-16(20)8-4-14/h3-11,13H,12H2,1-2H3/b21-11-,22-19-/t13-/m1/s1. The summed E-state index contributed by atoms with van der Waals surface area (Å²) in [6.07, 6.45) is 1.68. The van der Waals surface area contributed by atoms with E-state index in [1.165, 1.54) is 11.8 Å². The molecule has 1 amide bonds. The van der Waals surface area contributed by atoms with E-state index in [2.05, 4.69) is 26.1 Å². The van der Waals surface area contributed by atoms with Gasteiger partial charge in [0.05, 0.1) is 25.1 Å². The van der Waals surface area contributed by atoms with Crippen molar-refractivity contribution in [1.29, 1.82) is 0 Å². The fourth-order valence-corrected chi connectivity index (χ4v) is 3.60. The number of methoxy groups -OCH3 is 1. The highest BCUT2D eigenvalue weighted by Gasteiger charge is 2.35. The highest BCUT2D eigenvalue weighted by Crippen LogP contribution is 2.28. The molecule has 134 valence electrons. The van der Waals surface area contributed by atoms with Crippen LogP contribution in [0.2, 0.25) is 0 Å². The van der Waals surface area contributed by atoms with Crippen LogP contribution in [0.4, 0.5) is 0 Å². The van der Waals surface area contributed by atoms with Crippen LogP contribution in [-0.4, -0.2) is 34.5 Å². The van der Waals surface area contributed by atoms with Crippen molar-refractivity contribution in [3.8, 4) is 5.75 Å². The van der Waals surface area contributed by atoms with E-state index in [9.17, 15) is 4.79 Å². The van der Waals surface area contributed by atoms with Crippen molar-refractivity contribution >= 4 is 45.0 Å². The Hall–Kier alpha value is -2.12. The van der Waals surface area contributed by atoms with Crippen LogP contribution in [0.25, 0.3) is 0 Å². The molecule has 1 atom stereocenters. The lowest BCUT2D eigenvalue weighted by Gasteiger charge is -2.15. The van der Waals surface area contributed by atoms with Crippen LogP contribution in [0.1, 0.15) is 18.1 Å². The number of amidine groups is 1. The zero-order valence-corrected chi connectivity index (χ0v) is 16.8. The first-order chi connectivity index (χ1) is 12.6. The lowest BCUT2D eigenvalue weighted by Crippen LogP contribution is -2.30. The molecule has 1 heterocycles. The van der Waals surface area contributed by atoms with Gasteiger partial charge in [-0.15, -0.1) is 5.10 Å². The Bertz CT molecular complexity index is 835. The van der Waals surface area contributed by atoms with Gasteiger partial charge in [-0.25, -0.2) is 0 Å². The van der Waals surface area contributed by atoms with Crippen molar-refractivity contribution in [2.45, 2.75) is 18.7 Å². The van der Waals surface area contributed by atoms with Crippen LogP contribution in [0.5, 0.6) is 5.75 Å². The van der Waals surface area contributed by atoms with Crippen molar-refractivity contribution in [2.75, 3.05) is 7.11 Å². The summed E-state index contributed by atoms with van der Waals surface area (Å²) in [5, 5.41) is 8.88. The van der Waals surface area contributed by atoms with Crippen molar-refractivity contribution in [3.63, 3.8) is 0 Å². The lowest BCUT2D eigenvalue weighted by molar-refractivity contribution is -0.126. The van der Waals surface area contributed by atoms with Gasteiger partial charge in [0.25, 0.3) is 0 Å². The summed E-state index contributed by atoms with van der Waals surface area (Å²) in [7, 11) is 1.63. The molecule has 26 heavy (non-hydrogen) atoms. The number of hydrogen-bond acceptors (Lipinski definition) is 5. The summed E-state index contributed by atoms with van der Waals surface area (Å²) in [5.41, 5.74) is 1.96. The monoisotopic (exact) mass is 431 g/mol. The highest BCUT2D eigenvalue weighted by atomic mass is 79.9. The van der Waals surface area contributed by atoms with Crippen LogP contribution < -0.4 is 4.74 Å². The molecule has 0 bridgehead atoms. The molecule has 0 aliphatic carbocycles. The Balaban J connectivity index is 1.75. The zero-order valence-electron chi connectivity index (χ0n) is 14.4. The molecule has 1 saturated heterocycles. The fourth-order valence-electron chi connectivity index (χ4n) is 2.42. The highest BCUT2D eigenvalue weighted by molar-refractivity contribution is 9.10. The molecule has 7 heteroatoms. The van der Waals surface area contributed by atoms with E-state index in [1.54, 1.807) is 18.2 Å². The molecule has 3 rings (SSSR count). The molecule has 0 unspecified atom stereocenters. The topological polar surface area (TPSA) is 54.3 Å². The van der Waals surface area contributed by atoms with Crippen LogP contribution in [0.3, 0.4) is 0 Å². The van der Waals surface area contributed by atoms with Gasteiger partial charge in [0.1, 0.15) is 5.75 Å². The summed E-state index contributed by atoms with van der Waals surface area (Å²) in [6, 6.07) is 15.4. The zero-order chi connectivity index (χ0) is 18.5. The molecule has 1 aliphatic heterocycles. The second-order valence-corrected chi connectivity index (χ2v) is 7.93. The van der Waals surface area contributed by atoms with Crippen molar-refractivity contribution in [3.05, 3.63) is 64.1 Å². The van der Waals surface area contributed by atoms with Gasteiger partial charge in [-0.05, 0) is 42.3 Å². The first-order valence-electron chi connectivity index (χ1n) is 8.04. The van der Waals surface area contributed by atoms with Gasteiger partial charge in [0.2, 0.25) is 5.91 Å². The van der Waals surface area contributed by atoms with Gasteiger partial charge >= 0.3 is 0 Å². The number of thioether (sulfide) groups is 1. The maximum Gasteiger partial charge on any atom is 0.242 e. The van der Waals surface area contributed by atoms with E-state index in [-0.39, 0.29) is 11.2 Å². The Morgan fingerprint density at radius 1 is 1.19 bits per heavy atom. The van der Waals surface area contributed by atoms with Gasteiger partial charge < -0.3 is 4.74 Å². The van der Waals surface area contributed by atoms with Gasteiger partial charge in [-0.3, -0.25) is 9.69 Å². The Kier molecular flexibility index (Phi) is 6.11. The molecule has 0 saturated carbocycles. The predicted octanol–water partition coefficient (Wildman–Crippen LogP) is 4.31. The third-order valence-electron chi connectivity index (χ3n) is 3.85. The molecule has 2 aromatic rings. The minimum atomic E-state index is -0.158. The molecule has 0 N–H and O–H groups in total. The van der Waals surface area contributed by atoms with E-state index in [0.29, 0.717) is 11.7 Å². The van der Waals surface area contributed by atoms with Crippen molar-refractivity contribution < 1.29 is 9.53 Å². The minimum absolute atomic E-state index is 0.0448. The summed E-state index contributed by atoms with van der Waals surface area (Å²) in [4.78, 5) is 14.1. The number of carbonyl (C=O) groups is 1. The number of nitrogens with zero attached hydrogens (tertiary/aromatic N) is 3. The van der Waals surface area contributed by atoms with Gasteiger partial charge in [0.15, 0.2) is 5.17 Å². The quantitative estimate of drug-likeness (QED) is 0.523. The first-order valence-corrected chi connectivity index (χ1v) is 9.71. The Morgan fingerprint density at radius 3 is 2.54 bits per heavy atom. The largest absolute Gasteiger partial charge is 0.497 e. The summed E-state index contributed by atoms with van der Waals surface area (Å²) >= 11 is 4.83. The van der Waals surface area contributed by atoms with E-state index in [1.807, 2.05) is 55.5 Å². The third-order valence-corrected chi connectivity index (χ3v) is 5.44. The second kappa shape index (κ2) is 8.51. The minimum Gasteiger partial charge on any atom is -0.497 e. The number of benzene rings is 2. The average molecular weight is 432 g/mol. The third kappa shape index (κ3) is 4.53. The molecule has 0 aromatic heterocycles. The number of ether oxygens (including phenoxy) is 1. The number of amides is 1. The SMILES string of the molecule is COc1ccc(CN2C(=O)[C@@H](C)S/C2=N\N=C/c2ccc(Br)cc2)cc1. The normalized spacial score (nSPS) is 18.9. The van der Waals surface area contributed by atoms with Gasteiger partial charge in [0, 0.05) is 4.47 Å². The maximum absolute atomic E-state index is 12.5. The van der Waals surface area contributed by atoms with Crippen molar-refractivity contribution in [1.82, 2.24) is 4.90 Å². The number of carbonyl (C=O) groups excluding carboxylic acids is 1. The number of rotatable bonds is 5. The fraction of sp³-hybridized carbons (Fsp3) is 0.211. The van der Waals surface area contributed by atoms with E-state index in [0.717, 1.165) is 21.3 Å². The molecule has 1 aliphatic rings. The maximum atomic E-state index is 12.5. The van der Waals surface area contributed by atoms with Crippen LogP contribution in [0.15, 0.2) is 63.2 Å². The Labute approximate surface area is 165 Å². The predicted molar refractivity (Wildman–Crippen MR) is 110 cm³/mol. The van der Waals surface area contributed by atoms with Crippen LogP contribution >= 0.6 is 27.7 Å². The van der Waals surface area contributed by atoms with E-state index >= 15 is 0 Å². The number of hydrogen-bond donors (Lipinski definition) is 0. The van der Waals surface area contributed by atoms with Gasteiger partial charge in [-0.2, -0.15) is 5.10 Å².